The molecule has 3 atom stereocenters. The zero-order chi connectivity index (χ0) is 11.0. The molecule has 1 aromatic carbocycles. The van der Waals surface area contributed by atoms with Crippen LogP contribution >= 0.6 is 0 Å². The molecule has 0 bridgehead atoms. The van der Waals surface area contributed by atoms with E-state index in [0.29, 0.717) is 5.92 Å². The first-order chi connectivity index (χ1) is 7.84. The second kappa shape index (κ2) is 3.86. The van der Waals surface area contributed by atoms with E-state index < -0.39 is 0 Å². The summed E-state index contributed by atoms with van der Waals surface area (Å²) in [5.74, 6) is 0.673. The Hall–Kier alpha value is -0.860. The van der Waals surface area contributed by atoms with Gasteiger partial charge in [-0.25, -0.2) is 0 Å². The molecule has 0 aliphatic carbocycles. The van der Waals surface area contributed by atoms with E-state index in [9.17, 15) is 0 Å². The molecule has 86 valence electrons. The quantitative estimate of drug-likeness (QED) is 0.719. The van der Waals surface area contributed by atoms with E-state index in [4.69, 9.17) is 4.84 Å². The van der Waals surface area contributed by atoms with Gasteiger partial charge in [0.1, 0.15) is 0 Å². The lowest BCUT2D eigenvalue weighted by atomic mass is 9.93. The van der Waals surface area contributed by atoms with Crippen molar-refractivity contribution in [3.63, 3.8) is 0 Å². The van der Waals surface area contributed by atoms with Gasteiger partial charge in [-0.3, -0.25) is 4.84 Å². The highest BCUT2D eigenvalue weighted by Gasteiger charge is 2.60. The summed E-state index contributed by atoms with van der Waals surface area (Å²) in [4.78, 5) is 5.73. The average Bonchev–Trinajstić information content (AvgIpc) is 2.90. The molecular formula is C14H19NO. The summed E-state index contributed by atoms with van der Waals surface area (Å²) in [6.45, 7) is 3.32. The molecule has 2 fully saturated rings. The Morgan fingerprint density at radius 1 is 1.38 bits per heavy atom. The molecule has 0 saturated carbocycles. The lowest BCUT2D eigenvalue weighted by Crippen LogP contribution is -2.11. The van der Waals surface area contributed by atoms with Crippen molar-refractivity contribution in [2.75, 3.05) is 6.54 Å². The summed E-state index contributed by atoms with van der Waals surface area (Å²) < 4.78 is 0. The fourth-order valence-electron chi connectivity index (χ4n) is 2.85. The Morgan fingerprint density at radius 3 is 2.94 bits per heavy atom. The molecule has 16 heavy (non-hydrogen) atoms. The van der Waals surface area contributed by atoms with Gasteiger partial charge in [0.05, 0.1) is 0 Å². The molecule has 0 radical (unpaired) electrons. The first-order valence-electron chi connectivity index (χ1n) is 6.36. The summed E-state index contributed by atoms with van der Waals surface area (Å²) >= 11 is 0. The van der Waals surface area contributed by atoms with E-state index in [1.165, 1.54) is 31.2 Å². The van der Waals surface area contributed by atoms with Gasteiger partial charge in [-0.05, 0) is 18.4 Å². The van der Waals surface area contributed by atoms with Crippen molar-refractivity contribution >= 4 is 0 Å². The van der Waals surface area contributed by atoms with Gasteiger partial charge in [-0.2, -0.15) is 5.06 Å². The van der Waals surface area contributed by atoms with Crippen molar-refractivity contribution < 1.29 is 4.84 Å². The summed E-state index contributed by atoms with van der Waals surface area (Å²) in [7, 11) is 0. The third-order valence-electron chi connectivity index (χ3n) is 3.85. The van der Waals surface area contributed by atoms with Gasteiger partial charge in [0.25, 0.3) is 0 Å². The van der Waals surface area contributed by atoms with E-state index in [2.05, 4.69) is 42.3 Å². The number of fused-ring (bicyclic) bond motifs is 1. The van der Waals surface area contributed by atoms with Crippen LogP contribution in [0.25, 0.3) is 0 Å². The van der Waals surface area contributed by atoms with Crippen LogP contribution in [0.5, 0.6) is 0 Å². The Morgan fingerprint density at radius 2 is 2.19 bits per heavy atom. The van der Waals surface area contributed by atoms with Crippen molar-refractivity contribution in [2.24, 2.45) is 0 Å². The van der Waals surface area contributed by atoms with E-state index >= 15 is 0 Å². The number of unbranched alkanes of at least 4 members (excludes halogenated alkanes) is 1. The van der Waals surface area contributed by atoms with Crippen molar-refractivity contribution in [3.8, 4) is 0 Å². The van der Waals surface area contributed by atoms with Gasteiger partial charge in [0.2, 0.25) is 0 Å². The minimum Gasteiger partial charge on any atom is -0.272 e. The summed E-state index contributed by atoms with van der Waals surface area (Å²) in [5.41, 5.74) is 1.59. The van der Waals surface area contributed by atoms with E-state index in [-0.39, 0.29) is 5.72 Å². The standard InChI is InChI=1S/C14H19NO/c1-2-3-9-14-10-13(11-15(14)16-14)12-7-5-4-6-8-12/h4-8,13H,2-3,9-11H2,1H3/t13?,14-,15?/m0/s1. The van der Waals surface area contributed by atoms with Crippen LogP contribution in [0.2, 0.25) is 0 Å². The van der Waals surface area contributed by atoms with Crippen LogP contribution in [0.3, 0.4) is 0 Å². The zero-order valence-corrected chi connectivity index (χ0v) is 9.86. The minimum absolute atomic E-state index is 0.122. The minimum atomic E-state index is 0.122. The number of hydroxylamine groups is 2. The Balaban J connectivity index is 1.67. The first-order valence-corrected chi connectivity index (χ1v) is 6.36. The number of nitrogens with zero attached hydrogens (tertiary/aromatic N) is 1. The predicted molar refractivity (Wildman–Crippen MR) is 63.8 cm³/mol. The molecule has 2 heterocycles. The first kappa shape index (κ1) is 10.3. The molecule has 0 spiro atoms. The highest BCUT2D eigenvalue weighted by atomic mass is 16.9. The maximum Gasteiger partial charge on any atom is 0.165 e. The van der Waals surface area contributed by atoms with Gasteiger partial charge in [-0.15, -0.1) is 0 Å². The van der Waals surface area contributed by atoms with Crippen molar-refractivity contribution in [1.29, 1.82) is 0 Å². The van der Waals surface area contributed by atoms with Crippen LogP contribution in [-0.4, -0.2) is 17.3 Å². The Labute approximate surface area is 97.2 Å². The van der Waals surface area contributed by atoms with Gasteiger partial charge in [-0.1, -0.05) is 43.7 Å². The van der Waals surface area contributed by atoms with Gasteiger partial charge >= 0.3 is 0 Å². The molecule has 2 aliphatic rings. The summed E-state index contributed by atoms with van der Waals surface area (Å²) in [5, 5.41) is 2.19. The lowest BCUT2D eigenvalue weighted by molar-refractivity contribution is 0.155. The van der Waals surface area contributed by atoms with Crippen molar-refractivity contribution in [2.45, 2.75) is 44.2 Å². The molecule has 0 N–H and O–H groups in total. The van der Waals surface area contributed by atoms with Crippen LogP contribution in [0.15, 0.2) is 30.3 Å². The van der Waals surface area contributed by atoms with Crippen LogP contribution in [-0.2, 0) is 4.84 Å². The Kier molecular flexibility index (Phi) is 2.49. The fraction of sp³-hybridized carbons (Fsp3) is 0.571. The topological polar surface area (TPSA) is 15.5 Å². The second-order valence-corrected chi connectivity index (χ2v) is 5.01. The second-order valence-electron chi connectivity index (χ2n) is 5.01. The molecule has 2 saturated heterocycles. The van der Waals surface area contributed by atoms with Gasteiger partial charge in [0.15, 0.2) is 5.72 Å². The van der Waals surface area contributed by atoms with E-state index in [1.807, 2.05) is 0 Å². The van der Waals surface area contributed by atoms with Crippen LogP contribution in [0.4, 0.5) is 0 Å². The van der Waals surface area contributed by atoms with Crippen LogP contribution in [0, 0.1) is 0 Å². The van der Waals surface area contributed by atoms with Gasteiger partial charge in [0, 0.05) is 18.9 Å². The average molecular weight is 217 g/mol. The number of hydrogen-bond acceptors (Lipinski definition) is 2. The smallest absolute Gasteiger partial charge is 0.165 e. The number of benzene rings is 1. The Bertz CT molecular complexity index is 364. The zero-order valence-electron chi connectivity index (χ0n) is 9.86. The fourth-order valence-corrected chi connectivity index (χ4v) is 2.85. The highest BCUT2D eigenvalue weighted by molar-refractivity contribution is 5.23. The molecule has 2 heteroatoms. The highest BCUT2D eigenvalue weighted by Crippen LogP contribution is 2.53. The molecule has 0 aromatic heterocycles. The number of rotatable bonds is 4. The normalized spacial score (nSPS) is 36.1. The van der Waals surface area contributed by atoms with Crippen molar-refractivity contribution in [3.05, 3.63) is 35.9 Å². The van der Waals surface area contributed by atoms with Crippen LogP contribution < -0.4 is 0 Å². The summed E-state index contributed by atoms with van der Waals surface area (Å²) in [6.07, 6.45) is 4.91. The molecule has 2 unspecified atom stereocenters. The molecule has 1 aromatic rings. The van der Waals surface area contributed by atoms with Crippen molar-refractivity contribution in [1.82, 2.24) is 5.06 Å². The van der Waals surface area contributed by atoms with E-state index in [1.54, 1.807) is 0 Å². The van der Waals surface area contributed by atoms with Crippen LogP contribution in [0.1, 0.15) is 44.1 Å². The SMILES string of the molecule is CCCC[C@]12CC(c3ccccc3)CN1O2. The largest absolute Gasteiger partial charge is 0.272 e. The monoisotopic (exact) mass is 217 g/mol. The maximum absolute atomic E-state index is 5.73. The molecular weight excluding hydrogens is 198 g/mol. The third kappa shape index (κ3) is 1.66. The molecule has 2 aliphatic heterocycles. The van der Waals surface area contributed by atoms with Gasteiger partial charge < -0.3 is 0 Å². The predicted octanol–water partition coefficient (Wildman–Crippen LogP) is 3.31. The molecule has 0 amide bonds. The molecule has 3 rings (SSSR count). The summed E-state index contributed by atoms with van der Waals surface area (Å²) in [6, 6.07) is 10.8. The maximum atomic E-state index is 5.73. The van der Waals surface area contributed by atoms with E-state index in [0.717, 1.165) is 6.54 Å². The third-order valence-corrected chi connectivity index (χ3v) is 3.85. The number of hydrogen-bond donors (Lipinski definition) is 0. The lowest BCUT2D eigenvalue weighted by Gasteiger charge is -2.12. The molecule has 2 nitrogen and oxygen atoms in total.